The lowest BCUT2D eigenvalue weighted by atomic mass is 9.95. The number of benzene rings is 2. The molecule has 2 aromatic heterocycles. The summed E-state index contributed by atoms with van der Waals surface area (Å²) in [5, 5.41) is 11.7. The lowest BCUT2D eigenvalue weighted by Gasteiger charge is -2.25. The summed E-state index contributed by atoms with van der Waals surface area (Å²) in [7, 11) is 2.94. The second-order valence-electron chi connectivity index (χ2n) is 8.89. The van der Waals surface area contributed by atoms with Gasteiger partial charge in [0.05, 0.1) is 53.2 Å². The molecule has 0 N–H and O–H groups in total. The van der Waals surface area contributed by atoms with Crippen LogP contribution >= 0.6 is 11.3 Å². The van der Waals surface area contributed by atoms with Crippen molar-refractivity contribution in [3.8, 4) is 22.8 Å². The van der Waals surface area contributed by atoms with Gasteiger partial charge in [-0.25, -0.2) is 9.79 Å². The van der Waals surface area contributed by atoms with Crippen molar-refractivity contribution in [3.05, 3.63) is 107 Å². The third kappa shape index (κ3) is 5.05. The average molecular weight is 576 g/mol. The van der Waals surface area contributed by atoms with Crippen LogP contribution in [0.2, 0.25) is 0 Å². The molecule has 41 heavy (non-hydrogen) atoms. The van der Waals surface area contributed by atoms with Crippen molar-refractivity contribution in [2.45, 2.75) is 19.9 Å². The summed E-state index contributed by atoms with van der Waals surface area (Å²) >= 11 is 1.13. The van der Waals surface area contributed by atoms with Crippen LogP contribution in [0.3, 0.4) is 0 Å². The highest BCUT2D eigenvalue weighted by atomic mass is 32.1. The highest BCUT2D eigenvalue weighted by Crippen LogP contribution is 2.36. The summed E-state index contributed by atoms with van der Waals surface area (Å²) < 4.78 is 23.7. The number of methoxy groups -OCH3 is 2. The van der Waals surface area contributed by atoms with E-state index in [1.165, 1.54) is 24.9 Å². The van der Waals surface area contributed by atoms with Gasteiger partial charge in [-0.15, -0.1) is 0 Å². The monoisotopic (exact) mass is 575 g/mol. The van der Waals surface area contributed by atoms with Gasteiger partial charge in [-0.3, -0.25) is 19.5 Å². The van der Waals surface area contributed by atoms with E-state index in [9.17, 15) is 19.7 Å². The van der Waals surface area contributed by atoms with E-state index in [1.54, 1.807) is 68.5 Å². The van der Waals surface area contributed by atoms with E-state index in [1.807, 2.05) is 0 Å². The van der Waals surface area contributed by atoms with Crippen LogP contribution in [-0.2, 0) is 9.53 Å². The molecule has 0 spiro atoms. The number of hydrogen-bond acceptors (Lipinski definition) is 10. The molecule has 3 heterocycles. The van der Waals surface area contributed by atoms with Crippen LogP contribution in [0.5, 0.6) is 11.5 Å². The quantitative estimate of drug-likeness (QED) is 0.175. The number of aromatic nitrogens is 1. The Labute approximate surface area is 237 Å². The second kappa shape index (κ2) is 11.3. The molecule has 210 valence electrons. The number of carbonyl (C=O) groups excluding carboxylic acids is 1. The fourth-order valence-electron chi connectivity index (χ4n) is 4.68. The molecule has 1 aliphatic rings. The van der Waals surface area contributed by atoms with Gasteiger partial charge >= 0.3 is 5.97 Å². The van der Waals surface area contributed by atoms with Gasteiger partial charge < -0.3 is 18.6 Å². The fraction of sp³-hybridized carbons (Fsp3) is 0.207. The number of rotatable bonds is 8. The molecule has 0 radical (unpaired) electrons. The van der Waals surface area contributed by atoms with E-state index < -0.39 is 22.5 Å². The topological polar surface area (TPSA) is 135 Å². The molecule has 0 aliphatic carbocycles. The summed E-state index contributed by atoms with van der Waals surface area (Å²) in [5.41, 5.74) is 0.965. The Morgan fingerprint density at radius 2 is 1.95 bits per heavy atom. The van der Waals surface area contributed by atoms with Gasteiger partial charge in [0.1, 0.15) is 29.1 Å². The SMILES string of the molecule is CCOC(=O)C1=C(C)N=c2s/c(=C/c3ccc(-c4ccc(OC)cc4[N+](=O)[O-])o3)c(=O)n2[C@H]1c1ccccc1OC. The molecule has 12 heteroatoms. The van der Waals surface area contributed by atoms with E-state index >= 15 is 0 Å². The molecule has 0 amide bonds. The van der Waals surface area contributed by atoms with Crippen molar-refractivity contribution in [1.82, 2.24) is 4.57 Å². The Hall–Kier alpha value is -4.97. The van der Waals surface area contributed by atoms with E-state index in [4.69, 9.17) is 18.6 Å². The molecule has 1 aliphatic heterocycles. The number of nitro benzene ring substituents is 1. The molecule has 0 unspecified atom stereocenters. The zero-order chi connectivity index (χ0) is 29.3. The average Bonchev–Trinajstić information content (AvgIpc) is 3.56. The van der Waals surface area contributed by atoms with Crippen molar-refractivity contribution in [2.24, 2.45) is 4.99 Å². The number of carbonyl (C=O) groups is 1. The molecular weight excluding hydrogens is 550 g/mol. The number of fused-ring (bicyclic) bond motifs is 1. The van der Waals surface area contributed by atoms with Crippen LogP contribution in [0.4, 0.5) is 5.69 Å². The van der Waals surface area contributed by atoms with Gasteiger partial charge in [0, 0.05) is 11.6 Å². The lowest BCUT2D eigenvalue weighted by Crippen LogP contribution is -2.40. The predicted octanol–water partition coefficient (Wildman–Crippen LogP) is 3.98. The number of esters is 1. The highest BCUT2D eigenvalue weighted by molar-refractivity contribution is 7.07. The van der Waals surface area contributed by atoms with Gasteiger partial charge in [-0.1, -0.05) is 29.5 Å². The zero-order valence-electron chi connectivity index (χ0n) is 22.6. The van der Waals surface area contributed by atoms with E-state index in [-0.39, 0.29) is 29.2 Å². The number of para-hydroxylation sites is 1. The Morgan fingerprint density at radius 1 is 1.17 bits per heavy atom. The summed E-state index contributed by atoms with van der Waals surface area (Å²) in [5.74, 6) is 0.836. The molecule has 0 fully saturated rings. The van der Waals surface area contributed by atoms with Gasteiger partial charge in [0.2, 0.25) is 0 Å². The van der Waals surface area contributed by atoms with Crippen molar-refractivity contribution in [3.63, 3.8) is 0 Å². The normalized spacial score (nSPS) is 14.8. The maximum Gasteiger partial charge on any atom is 0.338 e. The third-order valence-corrected chi connectivity index (χ3v) is 7.50. The molecule has 2 aromatic carbocycles. The molecular formula is C29H25N3O8S. The number of nitro groups is 1. The molecule has 4 aromatic rings. The van der Waals surface area contributed by atoms with Gasteiger partial charge in [-0.2, -0.15) is 0 Å². The first kappa shape index (κ1) is 27.6. The van der Waals surface area contributed by atoms with Crippen molar-refractivity contribution in [1.29, 1.82) is 0 Å². The van der Waals surface area contributed by atoms with E-state index in [0.29, 0.717) is 37.9 Å². The van der Waals surface area contributed by atoms with Crippen LogP contribution in [-0.4, -0.2) is 36.3 Å². The van der Waals surface area contributed by atoms with Crippen LogP contribution < -0.4 is 24.4 Å². The Bertz CT molecular complexity index is 1880. The third-order valence-electron chi connectivity index (χ3n) is 6.52. The molecule has 0 saturated heterocycles. The maximum atomic E-state index is 13.8. The standard InChI is InChI=1S/C29H25N3O8S/c1-5-39-28(34)25-16(2)30-29-31(26(25)20-8-6-7-9-22(20)38-4)27(33)24(41-29)15-18-11-13-23(40-18)19-12-10-17(37-3)14-21(19)32(35)36/h6-15,26H,5H2,1-4H3/b24-15+/t26-/m0/s1. The minimum Gasteiger partial charge on any atom is -0.497 e. The largest absolute Gasteiger partial charge is 0.497 e. The Balaban J connectivity index is 1.65. The number of ether oxygens (including phenoxy) is 3. The number of hydrogen-bond donors (Lipinski definition) is 0. The molecule has 0 bridgehead atoms. The minimum atomic E-state index is -0.835. The van der Waals surface area contributed by atoms with Gasteiger partial charge in [0.15, 0.2) is 4.80 Å². The van der Waals surface area contributed by atoms with Gasteiger partial charge in [-0.05, 0) is 44.2 Å². The first-order valence-corrected chi connectivity index (χ1v) is 13.3. The first-order valence-electron chi connectivity index (χ1n) is 12.5. The lowest BCUT2D eigenvalue weighted by molar-refractivity contribution is -0.384. The molecule has 11 nitrogen and oxygen atoms in total. The maximum absolute atomic E-state index is 13.8. The second-order valence-corrected chi connectivity index (χ2v) is 9.90. The Kier molecular flexibility index (Phi) is 7.58. The smallest absolute Gasteiger partial charge is 0.338 e. The number of allylic oxidation sites excluding steroid dienone is 1. The number of nitrogens with zero attached hydrogens (tertiary/aromatic N) is 3. The van der Waals surface area contributed by atoms with Crippen molar-refractivity contribution >= 4 is 29.1 Å². The summed E-state index contributed by atoms with van der Waals surface area (Å²) in [4.78, 5) is 43.0. The number of furan rings is 1. The van der Waals surface area contributed by atoms with E-state index in [0.717, 1.165) is 11.3 Å². The molecule has 5 rings (SSSR count). The van der Waals surface area contributed by atoms with E-state index in [2.05, 4.69) is 4.99 Å². The van der Waals surface area contributed by atoms with Crippen molar-refractivity contribution < 1.29 is 28.3 Å². The summed E-state index contributed by atoms with van der Waals surface area (Å²) in [6.07, 6.45) is 1.55. The zero-order valence-corrected chi connectivity index (χ0v) is 23.4. The minimum absolute atomic E-state index is 0.159. The van der Waals surface area contributed by atoms with Gasteiger partial charge in [0.25, 0.3) is 11.2 Å². The predicted molar refractivity (Wildman–Crippen MR) is 151 cm³/mol. The molecule has 0 saturated carbocycles. The summed E-state index contributed by atoms with van der Waals surface area (Å²) in [6, 6.07) is 14.0. The Morgan fingerprint density at radius 3 is 2.66 bits per heavy atom. The van der Waals surface area contributed by atoms with Crippen LogP contribution in [0.25, 0.3) is 17.4 Å². The van der Waals surface area contributed by atoms with Crippen LogP contribution in [0, 0.1) is 10.1 Å². The van der Waals surface area contributed by atoms with Crippen LogP contribution in [0.1, 0.15) is 31.2 Å². The van der Waals surface area contributed by atoms with Crippen LogP contribution in [0.15, 0.2) is 80.1 Å². The summed E-state index contributed by atoms with van der Waals surface area (Å²) in [6.45, 7) is 3.57. The first-order chi connectivity index (χ1) is 19.8. The fourth-order valence-corrected chi connectivity index (χ4v) is 5.71. The number of thiazole rings is 1. The van der Waals surface area contributed by atoms with Crippen molar-refractivity contribution in [2.75, 3.05) is 20.8 Å². The molecule has 1 atom stereocenters. The highest BCUT2D eigenvalue weighted by Gasteiger charge is 2.35.